The van der Waals surface area contributed by atoms with Gasteiger partial charge in [-0.25, -0.2) is 17.5 Å². The summed E-state index contributed by atoms with van der Waals surface area (Å²) in [6, 6.07) is 2.12. The van der Waals surface area contributed by atoms with Crippen molar-refractivity contribution < 1.29 is 17.5 Å². The Balaban J connectivity index is 1.90. The largest absolute Gasteiger partial charge is 0.373 e. The van der Waals surface area contributed by atoms with Crippen LogP contribution in [0.4, 0.5) is 4.39 Å². The molecule has 2 heterocycles. The summed E-state index contributed by atoms with van der Waals surface area (Å²) in [6.07, 6.45) is 2.37. The predicted molar refractivity (Wildman–Crippen MR) is 75.9 cm³/mol. The Kier molecular flexibility index (Phi) is 3.96. The minimum atomic E-state index is -4.00. The molecule has 2 aliphatic heterocycles. The fourth-order valence-corrected chi connectivity index (χ4v) is 4.72. The maximum atomic E-state index is 14.2. The zero-order valence-corrected chi connectivity index (χ0v) is 12.8. The van der Waals surface area contributed by atoms with E-state index >= 15 is 0 Å². The molecule has 8 heteroatoms. The summed E-state index contributed by atoms with van der Waals surface area (Å²) in [6.45, 7) is -0.119. The van der Waals surface area contributed by atoms with Crippen molar-refractivity contribution >= 4 is 21.6 Å². The van der Waals surface area contributed by atoms with Gasteiger partial charge in [0.1, 0.15) is 10.7 Å². The first-order valence-corrected chi connectivity index (χ1v) is 8.62. The SMILES string of the molecule is NCc1cc(Cl)cc(S(=O)(=O)NC2CC3CCC2O3)c1F. The maximum Gasteiger partial charge on any atom is 0.243 e. The highest BCUT2D eigenvalue weighted by Crippen LogP contribution is 2.35. The molecular weight excluding hydrogens is 319 g/mol. The van der Waals surface area contributed by atoms with E-state index in [2.05, 4.69) is 4.72 Å². The molecule has 0 amide bonds. The standard InChI is InChI=1S/C13H16ClFN2O3S/c14-8-3-7(6-16)13(15)12(4-8)21(18,19)17-10-5-9-1-2-11(10)20-9/h3-4,9-11,17H,1-2,5-6,16H2. The summed E-state index contributed by atoms with van der Waals surface area (Å²) < 4.78 is 47.1. The van der Waals surface area contributed by atoms with Crippen LogP contribution < -0.4 is 10.5 Å². The molecule has 5 nitrogen and oxygen atoms in total. The van der Waals surface area contributed by atoms with Crippen molar-refractivity contribution in [1.29, 1.82) is 0 Å². The third-order valence-corrected chi connectivity index (χ3v) is 5.71. The lowest BCUT2D eigenvalue weighted by Crippen LogP contribution is -2.41. The zero-order valence-electron chi connectivity index (χ0n) is 11.2. The topological polar surface area (TPSA) is 81.4 Å². The first kappa shape index (κ1) is 15.2. The minimum absolute atomic E-state index is 0.0760. The van der Waals surface area contributed by atoms with Gasteiger partial charge in [0.2, 0.25) is 10.0 Å². The molecule has 3 rings (SSSR count). The second kappa shape index (κ2) is 5.48. The van der Waals surface area contributed by atoms with Crippen LogP contribution in [0.1, 0.15) is 24.8 Å². The van der Waals surface area contributed by atoms with Crippen LogP contribution in [-0.4, -0.2) is 26.7 Å². The monoisotopic (exact) mass is 334 g/mol. The Morgan fingerprint density at radius 3 is 2.76 bits per heavy atom. The molecule has 0 radical (unpaired) electrons. The summed E-state index contributed by atoms with van der Waals surface area (Å²) in [5, 5.41) is 0.140. The smallest absolute Gasteiger partial charge is 0.243 e. The van der Waals surface area contributed by atoms with Crippen molar-refractivity contribution in [2.75, 3.05) is 0 Å². The van der Waals surface area contributed by atoms with Gasteiger partial charge in [-0.15, -0.1) is 0 Å². The summed E-state index contributed by atoms with van der Waals surface area (Å²) in [5.74, 6) is -0.849. The molecule has 0 aliphatic carbocycles. The van der Waals surface area contributed by atoms with Crippen molar-refractivity contribution in [3.63, 3.8) is 0 Å². The Labute approximate surface area is 127 Å². The molecule has 2 saturated heterocycles. The first-order chi connectivity index (χ1) is 9.90. The van der Waals surface area contributed by atoms with Gasteiger partial charge in [0.15, 0.2) is 0 Å². The molecule has 2 fully saturated rings. The second-order valence-corrected chi connectivity index (χ2v) is 7.54. The number of halogens is 2. The number of ether oxygens (including phenoxy) is 1. The van der Waals surface area contributed by atoms with Crippen LogP contribution in [-0.2, 0) is 21.3 Å². The quantitative estimate of drug-likeness (QED) is 0.875. The summed E-state index contributed by atoms with van der Waals surface area (Å²) >= 11 is 5.85. The average molecular weight is 335 g/mol. The van der Waals surface area contributed by atoms with Crippen molar-refractivity contribution in [2.24, 2.45) is 5.73 Å². The molecule has 1 aromatic carbocycles. The van der Waals surface area contributed by atoms with Crippen LogP contribution >= 0.6 is 11.6 Å². The third kappa shape index (κ3) is 2.80. The molecule has 116 valence electrons. The van der Waals surface area contributed by atoms with E-state index in [4.69, 9.17) is 22.1 Å². The molecule has 2 bridgehead atoms. The number of hydrogen-bond acceptors (Lipinski definition) is 4. The third-order valence-electron chi connectivity index (χ3n) is 4.00. The second-order valence-electron chi connectivity index (χ2n) is 5.42. The Bertz CT molecular complexity index is 668. The van der Waals surface area contributed by atoms with E-state index in [9.17, 15) is 12.8 Å². The van der Waals surface area contributed by atoms with E-state index in [1.54, 1.807) is 0 Å². The zero-order chi connectivity index (χ0) is 15.2. The van der Waals surface area contributed by atoms with E-state index in [0.717, 1.165) is 18.9 Å². The number of sulfonamides is 1. The molecule has 2 aliphatic rings. The van der Waals surface area contributed by atoms with Gasteiger partial charge >= 0.3 is 0 Å². The fourth-order valence-electron chi connectivity index (χ4n) is 2.99. The molecule has 1 aromatic rings. The first-order valence-electron chi connectivity index (χ1n) is 6.76. The predicted octanol–water partition coefficient (Wildman–Crippen LogP) is 1.54. The lowest BCUT2D eigenvalue weighted by atomic mass is 9.96. The van der Waals surface area contributed by atoms with Gasteiger partial charge in [-0.3, -0.25) is 0 Å². The van der Waals surface area contributed by atoms with E-state index < -0.39 is 20.7 Å². The highest BCUT2D eigenvalue weighted by atomic mass is 35.5. The van der Waals surface area contributed by atoms with Gasteiger partial charge in [0, 0.05) is 17.1 Å². The van der Waals surface area contributed by atoms with Crippen LogP contribution in [0.5, 0.6) is 0 Å². The lowest BCUT2D eigenvalue weighted by Gasteiger charge is -2.20. The van der Waals surface area contributed by atoms with Crippen molar-refractivity contribution in [3.05, 3.63) is 28.5 Å². The Morgan fingerprint density at radius 2 is 2.19 bits per heavy atom. The molecular formula is C13H16ClFN2O3S. The number of nitrogens with one attached hydrogen (secondary N) is 1. The van der Waals surface area contributed by atoms with Gasteiger partial charge < -0.3 is 10.5 Å². The normalized spacial score (nSPS) is 28.2. The van der Waals surface area contributed by atoms with Crippen molar-refractivity contribution in [1.82, 2.24) is 4.72 Å². The Hall–Kier alpha value is -0.730. The lowest BCUT2D eigenvalue weighted by molar-refractivity contribution is 0.0996. The molecule has 3 N–H and O–H groups in total. The molecule has 0 saturated carbocycles. The van der Waals surface area contributed by atoms with Gasteiger partial charge in [0.05, 0.1) is 18.2 Å². The number of nitrogens with two attached hydrogens (primary N) is 1. The highest BCUT2D eigenvalue weighted by Gasteiger charge is 2.43. The van der Waals surface area contributed by atoms with Crippen molar-refractivity contribution in [3.8, 4) is 0 Å². The van der Waals surface area contributed by atoms with E-state index in [1.807, 2.05) is 0 Å². The van der Waals surface area contributed by atoms with E-state index in [0.29, 0.717) is 6.42 Å². The number of hydrogen-bond donors (Lipinski definition) is 2. The van der Waals surface area contributed by atoms with Gasteiger partial charge in [-0.2, -0.15) is 0 Å². The van der Waals surface area contributed by atoms with Crippen LogP contribution in [0.15, 0.2) is 17.0 Å². The van der Waals surface area contributed by atoms with Crippen LogP contribution in [0, 0.1) is 5.82 Å². The van der Waals surface area contributed by atoms with E-state index in [1.165, 1.54) is 6.07 Å². The molecule has 3 atom stereocenters. The van der Waals surface area contributed by atoms with E-state index in [-0.39, 0.29) is 35.4 Å². The highest BCUT2D eigenvalue weighted by molar-refractivity contribution is 7.89. The summed E-state index contributed by atoms with van der Waals surface area (Å²) in [4.78, 5) is -0.460. The van der Waals surface area contributed by atoms with Crippen LogP contribution in [0.25, 0.3) is 0 Å². The summed E-state index contributed by atoms with van der Waals surface area (Å²) in [7, 11) is -4.00. The maximum absolute atomic E-state index is 14.2. The fraction of sp³-hybridized carbons (Fsp3) is 0.538. The molecule has 21 heavy (non-hydrogen) atoms. The van der Waals surface area contributed by atoms with Crippen LogP contribution in [0.2, 0.25) is 5.02 Å². The average Bonchev–Trinajstić information content (AvgIpc) is 3.02. The van der Waals surface area contributed by atoms with Crippen LogP contribution in [0.3, 0.4) is 0 Å². The van der Waals surface area contributed by atoms with Gasteiger partial charge in [-0.1, -0.05) is 11.6 Å². The molecule has 0 spiro atoms. The molecule has 0 aromatic heterocycles. The van der Waals surface area contributed by atoms with Gasteiger partial charge in [-0.05, 0) is 31.4 Å². The number of rotatable bonds is 4. The number of fused-ring (bicyclic) bond motifs is 2. The summed E-state index contributed by atoms with van der Waals surface area (Å²) in [5.41, 5.74) is 5.49. The van der Waals surface area contributed by atoms with Gasteiger partial charge in [0.25, 0.3) is 0 Å². The number of benzene rings is 1. The Morgan fingerprint density at radius 1 is 1.43 bits per heavy atom. The van der Waals surface area contributed by atoms with Crippen molar-refractivity contribution in [2.45, 2.75) is 49.0 Å². The molecule has 3 unspecified atom stereocenters. The minimum Gasteiger partial charge on any atom is -0.373 e.